The SMILES string of the molecule is CCNC(=O)C(NC(=O)[C@H](C)NCC(CC(C)C)NC(=O)CN(C)C(=O)C(CC(C)(C)C)NC(=O)c1cc[n+](O)cc1)C(C)C.CCc1ccccc1. The summed E-state index contributed by atoms with van der Waals surface area (Å²) >= 11 is 0. The molecule has 4 atom stereocenters. The van der Waals surface area contributed by atoms with Crippen molar-refractivity contribution in [3.8, 4) is 0 Å². The van der Waals surface area contributed by atoms with Gasteiger partial charge in [-0.1, -0.05) is 85.7 Å². The number of hydrogen-bond donors (Lipinski definition) is 6. The molecule has 0 aliphatic carbocycles. The second-order valence-corrected chi connectivity index (χ2v) is 15.4. The average Bonchev–Trinajstić information content (AvgIpc) is 3.08. The summed E-state index contributed by atoms with van der Waals surface area (Å²) in [7, 11) is 1.52. The van der Waals surface area contributed by atoms with Gasteiger partial charge in [-0.15, -0.1) is 0 Å². The number of likely N-dealkylation sites (N-methyl/N-ethyl adjacent to an activating group) is 2. The predicted octanol–water partition coefficient (Wildman–Crippen LogP) is 3.24. The molecule has 2 aromatic rings. The smallest absolute Gasteiger partial charge is 0.252 e. The topological polar surface area (TPSA) is 173 Å². The first-order valence-corrected chi connectivity index (χ1v) is 18.7. The summed E-state index contributed by atoms with van der Waals surface area (Å²) in [6.45, 7) is 19.9. The van der Waals surface area contributed by atoms with Gasteiger partial charge in [0.15, 0.2) is 0 Å². The number of rotatable bonds is 18. The van der Waals surface area contributed by atoms with E-state index in [1.54, 1.807) is 6.92 Å². The first-order valence-electron chi connectivity index (χ1n) is 18.7. The number of aryl methyl sites for hydroxylation is 1. The van der Waals surface area contributed by atoms with E-state index in [2.05, 4.69) is 57.8 Å². The molecule has 0 spiro atoms. The summed E-state index contributed by atoms with van der Waals surface area (Å²) in [6, 6.07) is 10.8. The van der Waals surface area contributed by atoms with Gasteiger partial charge in [-0.05, 0) is 55.9 Å². The number of nitrogens with zero attached hydrogens (tertiary/aromatic N) is 2. The molecule has 0 aliphatic rings. The molecule has 3 unspecified atom stereocenters. The monoisotopic (exact) mass is 741 g/mol. The Labute approximate surface area is 317 Å². The van der Waals surface area contributed by atoms with E-state index in [4.69, 9.17) is 0 Å². The van der Waals surface area contributed by atoms with Crippen LogP contribution in [-0.2, 0) is 25.6 Å². The van der Waals surface area contributed by atoms with Crippen molar-refractivity contribution in [1.82, 2.24) is 31.5 Å². The van der Waals surface area contributed by atoms with E-state index in [0.717, 1.165) is 11.2 Å². The van der Waals surface area contributed by atoms with Gasteiger partial charge in [0.05, 0.1) is 18.2 Å². The van der Waals surface area contributed by atoms with Crippen molar-refractivity contribution in [3.05, 3.63) is 66.0 Å². The molecule has 0 radical (unpaired) electrons. The maximum Gasteiger partial charge on any atom is 0.252 e. The van der Waals surface area contributed by atoms with Crippen LogP contribution in [0.3, 0.4) is 0 Å². The third-order valence-corrected chi connectivity index (χ3v) is 8.29. The quantitative estimate of drug-likeness (QED) is 0.101. The van der Waals surface area contributed by atoms with Gasteiger partial charge in [0.25, 0.3) is 5.91 Å². The summed E-state index contributed by atoms with van der Waals surface area (Å²) in [5.74, 6) is -1.65. The van der Waals surface area contributed by atoms with Gasteiger partial charge < -0.3 is 31.5 Å². The fourth-order valence-electron chi connectivity index (χ4n) is 5.44. The molecule has 53 heavy (non-hydrogen) atoms. The zero-order valence-electron chi connectivity index (χ0n) is 33.8. The molecule has 2 rings (SSSR count). The van der Waals surface area contributed by atoms with Crippen LogP contribution >= 0.6 is 0 Å². The number of nitrogens with one attached hydrogen (secondary N) is 5. The largest absolute Gasteiger partial charge is 0.355 e. The zero-order valence-corrected chi connectivity index (χ0v) is 33.8. The molecule has 0 saturated heterocycles. The van der Waals surface area contributed by atoms with Gasteiger partial charge in [-0.3, -0.25) is 29.2 Å². The van der Waals surface area contributed by atoms with Gasteiger partial charge in [0.1, 0.15) is 12.1 Å². The number of carbonyl (C=O) groups is 5. The van der Waals surface area contributed by atoms with Gasteiger partial charge in [-0.25, -0.2) is 0 Å². The maximum atomic E-state index is 13.5. The van der Waals surface area contributed by atoms with Gasteiger partial charge in [0, 0.05) is 43.0 Å². The molecule has 296 valence electrons. The number of aromatic nitrogens is 1. The van der Waals surface area contributed by atoms with Crippen LogP contribution in [0, 0.1) is 17.3 Å². The fourth-order valence-corrected chi connectivity index (χ4v) is 5.44. The van der Waals surface area contributed by atoms with E-state index < -0.39 is 29.9 Å². The Morgan fingerprint density at radius 1 is 0.849 bits per heavy atom. The van der Waals surface area contributed by atoms with Crippen LogP contribution in [0.5, 0.6) is 0 Å². The Morgan fingerprint density at radius 3 is 1.94 bits per heavy atom. The van der Waals surface area contributed by atoms with E-state index in [-0.39, 0.29) is 53.1 Å². The molecule has 6 N–H and O–H groups in total. The van der Waals surface area contributed by atoms with Crippen molar-refractivity contribution in [2.75, 3.05) is 26.7 Å². The van der Waals surface area contributed by atoms with Crippen molar-refractivity contribution in [2.24, 2.45) is 17.3 Å². The minimum atomic E-state index is -0.877. The Kier molecular flexibility index (Phi) is 20.4. The van der Waals surface area contributed by atoms with Crippen molar-refractivity contribution in [2.45, 2.75) is 113 Å². The minimum Gasteiger partial charge on any atom is -0.355 e. The third kappa shape index (κ3) is 18.7. The lowest BCUT2D eigenvalue weighted by atomic mass is 9.87. The lowest BCUT2D eigenvalue weighted by molar-refractivity contribution is -0.904. The second kappa shape index (κ2) is 23.2. The highest BCUT2D eigenvalue weighted by Crippen LogP contribution is 2.22. The number of pyridine rings is 1. The van der Waals surface area contributed by atoms with Crippen LogP contribution in [0.1, 0.15) is 98.0 Å². The molecule has 1 aromatic carbocycles. The van der Waals surface area contributed by atoms with E-state index in [9.17, 15) is 29.2 Å². The number of carbonyl (C=O) groups excluding carboxylic acids is 5. The van der Waals surface area contributed by atoms with E-state index in [1.807, 2.05) is 61.5 Å². The summed E-state index contributed by atoms with van der Waals surface area (Å²) in [5.41, 5.74) is 1.39. The molecule has 13 heteroatoms. The molecule has 1 aromatic heterocycles. The first kappa shape index (κ1) is 46.5. The highest BCUT2D eigenvalue weighted by atomic mass is 16.5. The summed E-state index contributed by atoms with van der Waals surface area (Å²) in [4.78, 5) is 66.0. The zero-order chi connectivity index (χ0) is 40.3. The number of benzene rings is 1. The van der Waals surface area contributed by atoms with E-state index in [0.29, 0.717) is 25.9 Å². The van der Waals surface area contributed by atoms with Crippen molar-refractivity contribution < 1.29 is 33.9 Å². The molecule has 5 amide bonds. The van der Waals surface area contributed by atoms with Crippen molar-refractivity contribution >= 4 is 29.5 Å². The summed E-state index contributed by atoms with van der Waals surface area (Å²) in [5, 5.41) is 23.9. The molecular formula is C40H66N7O6+. The molecular weight excluding hydrogens is 674 g/mol. The fraction of sp³-hybridized carbons (Fsp3) is 0.600. The maximum absolute atomic E-state index is 13.5. The Morgan fingerprint density at radius 2 is 1.45 bits per heavy atom. The second-order valence-electron chi connectivity index (χ2n) is 15.4. The molecule has 13 nitrogen and oxygen atoms in total. The first-order chi connectivity index (χ1) is 24.8. The van der Waals surface area contributed by atoms with E-state index >= 15 is 0 Å². The normalized spacial score (nSPS) is 13.5. The van der Waals surface area contributed by atoms with Crippen LogP contribution < -0.4 is 31.3 Å². The van der Waals surface area contributed by atoms with Crippen LogP contribution in [-0.4, -0.2) is 90.5 Å². The Hall–Kier alpha value is -4.52. The summed E-state index contributed by atoms with van der Waals surface area (Å²) < 4.78 is 0.815. The van der Waals surface area contributed by atoms with Gasteiger partial charge in [-0.2, -0.15) is 0 Å². The van der Waals surface area contributed by atoms with Crippen molar-refractivity contribution in [3.63, 3.8) is 0 Å². The molecule has 1 heterocycles. The van der Waals surface area contributed by atoms with Crippen LogP contribution in [0.25, 0.3) is 0 Å². The molecule has 0 fully saturated rings. The summed E-state index contributed by atoms with van der Waals surface area (Å²) in [6.07, 6.45) is 4.74. The number of hydrogen-bond acceptors (Lipinski definition) is 7. The van der Waals surface area contributed by atoms with Crippen LogP contribution in [0.2, 0.25) is 0 Å². The minimum absolute atomic E-state index is 0.0939. The predicted molar refractivity (Wildman–Crippen MR) is 207 cm³/mol. The number of amides is 5. The average molecular weight is 741 g/mol. The van der Waals surface area contributed by atoms with Crippen LogP contribution in [0.15, 0.2) is 54.9 Å². The highest BCUT2D eigenvalue weighted by Gasteiger charge is 2.31. The Bertz CT molecular complexity index is 1430. The third-order valence-electron chi connectivity index (χ3n) is 8.29. The molecule has 0 bridgehead atoms. The lowest BCUT2D eigenvalue weighted by Crippen LogP contribution is -2.56. The van der Waals surface area contributed by atoms with Gasteiger partial charge in [0.2, 0.25) is 36.0 Å². The van der Waals surface area contributed by atoms with Crippen LogP contribution in [0.4, 0.5) is 0 Å². The van der Waals surface area contributed by atoms with Gasteiger partial charge >= 0.3 is 0 Å². The standard InChI is InChI=1S/C32H55N7O6.C8H10/c1-11-33-30(43)27(21(4)5)37-28(41)22(6)34-18-24(16-20(2)3)35-26(40)19-38(10)31(44)25(17-32(7,8)9)36-29(42)23-12-14-39(45)15-13-23;1-2-8-6-4-3-5-7-8/h12-15,20-22,24-25,27,34H,11,16-19H2,1-10H3,(H4-,33,35,36,37,40,41,42,43,45);3-7H,2H2,1H3/p+1/t22-,24?,25?,27?;/m0./s1. The Balaban J connectivity index is 0.00000154. The van der Waals surface area contributed by atoms with Crippen molar-refractivity contribution in [1.29, 1.82) is 0 Å². The van der Waals surface area contributed by atoms with E-state index in [1.165, 1.54) is 42.0 Å². The highest BCUT2D eigenvalue weighted by molar-refractivity contribution is 5.98. The molecule has 0 aliphatic heterocycles. The lowest BCUT2D eigenvalue weighted by Gasteiger charge is -2.30. The molecule has 0 saturated carbocycles.